The van der Waals surface area contributed by atoms with E-state index in [1.807, 2.05) is 366 Å². The van der Waals surface area contributed by atoms with Crippen molar-refractivity contribution in [3.63, 3.8) is 0 Å². The van der Waals surface area contributed by atoms with Gasteiger partial charge in [-0.1, -0.05) is 292 Å². The highest BCUT2D eigenvalue weighted by Gasteiger charge is 2.08. The highest BCUT2D eigenvalue weighted by molar-refractivity contribution is 5.84. The minimum absolute atomic E-state index is 0.860. The molecule has 15 heterocycles. The SMILES string of the molecule is C1=NCc2ccccc21.C1=Nc2ccccc2C1.C1=Nc2cccnc2C1.C1=Nc2ccncc2C1.C1=Nc2cnccc2C1.C1=Nc2ncccc2C1.C1=c2ccccc2=NC1.CC.CC.CC.CC.CC.CC.CC.CC.CC.CC.CC.c1ccc2cnccc2c1.c1ccc2ncccc2c1.c1ccc2ncncc2c1.c1cnncn1. The van der Waals surface area contributed by atoms with Crippen LogP contribution in [0.3, 0.4) is 0 Å². The van der Waals surface area contributed by atoms with Crippen molar-refractivity contribution in [2.45, 2.75) is 191 Å². The molecule has 0 saturated carbocycles. The molecule has 7 aliphatic rings. The van der Waals surface area contributed by atoms with E-state index in [2.05, 4.69) is 151 Å². The van der Waals surface area contributed by atoms with E-state index in [1.165, 1.54) is 67.3 Å². The van der Waals surface area contributed by atoms with Crippen LogP contribution in [0.4, 0.5) is 28.6 Å². The van der Waals surface area contributed by atoms with E-state index in [0.717, 1.165) is 101 Å². The molecule has 0 N–H and O–H groups in total. The third-order valence-electron chi connectivity index (χ3n) is 15.1. The van der Waals surface area contributed by atoms with E-state index >= 15 is 0 Å². The number of aromatic nitrogens is 11. The van der Waals surface area contributed by atoms with Crippen LogP contribution in [-0.2, 0) is 38.6 Å². The molecule has 8 aromatic heterocycles. The first-order chi connectivity index (χ1) is 60.2. The summed E-state index contributed by atoms with van der Waals surface area (Å²) in [5.74, 6) is 0.887. The molecule has 0 radical (unpaired) electrons. The van der Waals surface area contributed by atoms with Gasteiger partial charge in [-0.3, -0.25) is 54.9 Å². The molecule has 121 heavy (non-hydrogen) atoms. The van der Waals surface area contributed by atoms with Crippen LogP contribution in [0.25, 0.3) is 38.7 Å². The van der Waals surface area contributed by atoms with Crippen LogP contribution in [0, 0.1) is 0 Å². The monoisotopic (exact) mass is 1620 g/mol. The number of pyridine rings is 6. The first-order valence-electron chi connectivity index (χ1n) is 43.1. The van der Waals surface area contributed by atoms with Gasteiger partial charge >= 0.3 is 0 Å². The van der Waals surface area contributed by atoms with Crippen molar-refractivity contribution < 1.29 is 0 Å². The molecule has 7 aliphatic heterocycles. The topological polar surface area (TPSA) is 228 Å². The first kappa shape index (κ1) is 108. The van der Waals surface area contributed by atoms with Gasteiger partial charge in [-0.25, -0.2) is 24.9 Å². The van der Waals surface area contributed by atoms with E-state index in [4.69, 9.17) is 0 Å². The Kier molecular flexibility index (Phi) is 67.3. The van der Waals surface area contributed by atoms with E-state index in [-0.39, 0.29) is 0 Å². The summed E-state index contributed by atoms with van der Waals surface area (Å²) in [6.07, 6.45) is 42.5. The largest absolute Gasteiger partial charge is 0.288 e. The van der Waals surface area contributed by atoms with Crippen LogP contribution in [-0.4, -0.2) is 98.9 Å². The number of aliphatic imine (C=N–C) groups is 6. The predicted octanol–water partition coefficient (Wildman–Crippen LogP) is 26.3. The average Bonchev–Trinajstić information content (AvgIpc) is 1.24. The fraction of sp³-hybridized carbons (Fsp3) is 0.282. The zero-order chi connectivity index (χ0) is 89.4. The molecule has 18 nitrogen and oxygen atoms in total. The van der Waals surface area contributed by atoms with Crippen molar-refractivity contribution in [3.05, 3.63) is 337 Å². The number of nitrogens with zero attached hydrogens (tertiary/aromatic N) is 18. The Bertz CT molecular complexity index is 4340. The number of hydrogen-bond donors (Lipinski definition) is 0. The zero-order valence-corrected chi connectivity index (χ0v) is 76.2. The highest BCUT2D eigenvalue weighted by atomic mass is 15.1. The second-order valence-electron chi connectivity index (χ2n) is 21.7. The standard InChI is InChI=1S/2C9H7N.C8H6N2.3C8H7N.4C7H6N2.C3H3N3.11C2H6/c1-2-6-9-8(4-1)5-3-7-10-9;1-2-4-9-7-10-6-5-8(9)3-1;1-2-4-8-7(3-1)5-9-6-10-8;1-2-4-8-6-9-5-7(8)3-1;2*1-2-4-8-7(3-1)5-6-9-8;1-4-9-7-2-3-8-5-6(1)7;1-3-8-5-7-6(1)2-4-9-7;1-2-6-7(8-4-1)3-5-9-6;1-2-6-3-5-9-7(6)8-4-1;1-2-5-6-3-4-1;11*1-2/h2*1-7H;1-6H;1-5H,6H2;1-4,6H,5H2;1-5H,6H2;2-5H,1H2;1,3-5H,2H2;2*1-2,4-5H,3H2;1-3H;11*1-2H3. The van der Waals surface area contributed by atoms with Crippen molar-refractivity contribution >= 4 is 105 Å². The second kappa shape index (κ2) is 75.5. The minimum Gasteiger partial charge on any atom is -0.288 e. The fourth-order valence-corrected chi connectivity index (χ4v) is 10.1. The second-order valence-corrected chi connectivity index (χ2v) is 21.7. The lowest BCUT2D eigenvalue weighted by atomic mass is 10.1. The zero-order valence-electron chi connectivity index (χ0n) is 76.2. The summed E-state index contributed by atoms with van der Waals surface area (Å²) in [4.78, 5) is 64.9. The van der Waals surface area contributed by atoms with Crippen molar-refractivity contribution in [2.75, 3.05) is 6.54 Å². The summed E-state index contributed by atoms with van der Waals surface area (Å²) >= 11 is 0. The summed E-state index contributed by atoms with van der Waals surface area (Å²) in [5, 5.41) is 14.0. The van der Waals surface area contributed by atoms with Crippen molar-refractivity contribution in [3.8, 4) is 0 Å². The third kappa shape index (κ3) is 42.7. The van der Waals surface area contributed by atoms with Gasteiger partial charge in [-0.05, 0) is 105 Å². The highest BCUT2D eigenvalue weighted by Crippen LogP contribution is 2.25. The quantitative estimate of drug-likeness (QED) is 0.139. The molecule has 0 spiro atoms. The molecule has 6 aromatic carbocycles. The van der Waals surface area contributed by atoms with Gasteiger partial charge in [-0.15, -0.1) is 5.10 Å². The number of para-hydroxylation sites is 4. The van der Waals surface area contributed by atoms with E-state index in [1.54, 1.807) is 43.5 Å². The molecule has 18 heteroatoms. The van der Waals surface area contributed by atoms with Gasteiger partial charge in [0, 0.05) is 153 Å². The maximum atomic E-state index is 4.24. The van der Waals surface area contributed by atoms with E-state index < -0.39 is 0 Å². The molecule has 0 atom stereocenters. The molecule has 14 aromatic rings. The van der Waals surface area contributed by atoms with Gasteiger partial charge < -0.3 is 0 Å². The molecule has 0 fully saturated rings. The Hall–Kier alpha value is -13.2. The maximum absolute atomic E-state index is 4.24. The van der Waals surface area contributed by atoms with Crippen LogP contribution < -0.4 is 10.6 Å². The average molecular weight is 1620 g/mol. The number of rotatable bonds is 0. The smallest absolute Gasteiger partial charge is 0.155 e. The van der Waals surface area contributed by atoms with Crippen molar-refractivity contribution in [2.24, 2.45) is 34.9 Å². The fourth-order valence-electron chi connectivity index (χ4n) is 10.1. The minimum atomic E-state index is 0.860. The van der Waals surface area contributed by atoms with E-state index in [9.17, 15) is 0 Å². The lowest BCUT2D eigenvalue weighted by Crippen LogP contribution is -2.19. The number of benzene rings is 6. The van der Waals surface area contributed by atoms with Crippen molar-refractivity contribution in [1.82, 2.24) is 55.1 Å². The number of hydrogen-bond acceptors (Lipinski definition) is 18. The van der Waals surface area contributed by atoms with Crippen LogP contribution in [0.2, 0.25) is 0 Å². The van der Waals surface area contributed by atoms with Gasteiger partial charge in [0.05, 0.1) is 70.3 Å². The lowest BCUT2D eigenvalue weighted by molar-refractivity contribution is 0.969. The molecular weight excluding hydrogens is 1490 g/mol. The summed E-state index contributed by atoms with van der Waals surface area (Å²) in [5.41, 5.74) is 15.1. The molecular formula is C103H134N18. The number of fused-ring (bicyclic) bond motifs is 10. The van der Waals surface area contributed by atoms with Crippen LogP contribution in [0.5, 0.6) is 0 Å². The Labute approximate surface area is 724 Å². The van der Waals surface area contributed by atoms with Gasteiger partial charge in [0.1, 0.15) is 12.7 Å². The van der Waals surface area contributed by atoms with Crippen LogP contribution >= 0.6 is 0 Å². The molecule has 0 unspecified atom stereocenters. The van der Waals surface area contributed by atoms with Gasteiger partial charge in [0.2, 0.25) is 0 Å². The summed E-state index contributed by atoms with van der Waals surface area (Å²) < 4.78 is 0. The van der Waals surface area contributed by atoms with Gasteiger partial charge in [0.15, 0.2) is 5.82 Å². The molecule has 21 rings (SSSR count). The Morgan fingerprint density at radius 1 is 0.264 bits per heavy atom. The summed E-state index contributed by atoms with van der Waals surface area (Å²) in [7, 11) is 0. The summed E-state index contributed by atoms with van der Waals surface area (Å²) in [6, 6.07) is 66.7. The normalized spacial score (nSPS) is 10.6. The first-order valence-corrected chi connectivity index (χ1v) is 43.1. The van der Waals surface area contributed by atoms with Crippen LogP contribution in [0.15, 0.2) is 322 Å². The van der Waals surface area contributed by atoms with Gasteiger partial charge in [0.25, 0.3) is 0 Å². The van der Waals surface area contributed by atoms with Crippen LogP contribution in [0.1, 0.15) is 191 Å². The lowest BCUT2D eigenvalue weighted by Gasteiger charge is -1.91. The molecule has 0 aliphatic carbocycles. The summed E-state index contributed by atoms with van der Waals surface area (Å²) in [6.45, 7) is 45.7. The molecule has 0 bridgehead atoms. The van der Waals surface area contributed by atoms with Gasteiger partial charge in [-0.2, -0.15) is 5.10 Å². The Morgan fingerprint density at radius 2 is 0.744 bits per heavy atom. The molecule has 0 saturated heterocycles. The van der Waals surface area contributed by atoms with Crippen molar-refractivity contribution in [1.29, 1.82) is 0 Å². The Morgan fingerprint density at radius 3 is 1.36 bits per heavy atom. The van der Waals surface area contributed by atoms with E-state index in [0.29, 0.717) is 0 Å². The Balaban J connectivity index is 0.00000128. The third-order valence-corrected chi connectivity index (χ3v) is 15.1. The molecule has 636 valence electrons. The maximum Gasteiger partial charge on any atom is 0.155 e. The predicted molar refractivity (Wildman–Crippen MR) is 525 cm³/mol. The molecule has 0 amide bonds.